The number of rotatable bonds is 9. The number of nitrogens with one attached hydrogen (secondary N) is 1. The van der Waals surface area contributed by atoms with E-state index in [-0.39, 0.29) is 0 Å². The second-order valence-electron chi connectivity index (χ2n) is 6.05. The van der Waals surface area contributed by atoms with Gasteiger partial charge in [0.2, 0.25) is 0 Å². The van der Waals surface area contributed by atoms with Gasteiger partial charge in [-0.2, -0.15) is 0 Å². The van der Waals surface area contributed by atoms with Crippen molar-refractivity contribution >= 4 is 28.4 Å². The van der Waals surface area contributed by atoms with Crippen LogP contribution in [0, 0.1) is 0 Å². The third kappa shape index (κ3) is 4.88. The van der Waals surface area contributed by atoms with E-state index in [1.54, 1.807) is 26.6 Å². The lowest BCUT2D eigenvalue weighted by molar-refractivity contribution is 0.193. The van der Waals surface area contributed by atoms with Gasteiger partial charge in [-0.05, 0) is 55.2 Å². The van der Waals surface area contributed by atoms with Crippen molar-refractivity contribution in [3.05, 3.63) is 48.3 Å². The number of nitrogens with zero attached hydrogens (tertiary/aromatic N) is 2. The van der Waals surface area contributed by atoms with Crippen LogP contribution in [-0.2, 0) is 11.2 Å². The Morgan fingerprint density at radius 3 is 2.78 bits per heavy atom. The average Bonchev–Trinajstić information content (AvgIpc) is 2.71. The molecule has 6 nitrogen and oxygen atoms in total. The van der Waals surface area contributed by atoms with Crippen molar-refractivity contribution in [2.24, 2.45) is 0 Å². The van der Waals surface area contributed by atoms with Crippen LogP contribution >= 0.6 is 11.8 Å². The predicted octanol–water partition coefficient (Wildman–Crippen LogP) is 4.56. The van der Waals surface area contributed by atoms with Crippen LogP contribution in [0.25, 0.3) is 10.9 Å². The first-order chi connectivity index (χ1) is 13.2. The van der Waals surface area contributed by atoms with E-state index >= 15 is 0 Å². The molecule has 0 aliphatic carbocycles. The SMILES string of the molecule is COCCCCc1cc2ncnc(Sc3cccc(NO)c3)c2cc1OC. The molecule has 3 aromatic rings. The lowest BCUT2D eigenvalue weighted by atomic mass is 10.0. The molecule has 2 aromatic carbocycles. The Morgan fingerprint density at radius 1 is 1.11 bits per heavy atom. The van der Waals surface area contributed by atoms with E-state index < -0.39 is 0 Å². The lowest BCUT2D eigenvalue weighted by Crippen LogP contribution is -1.97. The number of fused-ring (bicyclic) bond motifs is 1. The Bertz CT molecular complexity index is 905. The van der Waals surface area contributed by atoms with Crippen molar-refractivity contribution in [2.45, 2.75) is 29.2 Å². The minimum Gasteiger partial charge on any atom is -0.496 e. The van der Waals surface area contributed by atoms with Gasteiger partial charge in [0.15, 0.2) is 0 Å². The Hall–Kier alpha value is -2.35. The van der Waals surface area contributed by atoms with Gasteiger partial charge in [-0.1, -0.05) is 17.8 Å². The van der Waals surface area contributed by atoms with Gasteiger partial charge in [0.25, 0.3) is 0 Å². The van der Waals surface area contributed by atoms with Crippen molar-refractivity contribution in [3.63, 3.8) is 0 Å². The number of benzene rings is 2. The molecule has 1 heterocycles. The smallest absolute Gasteiger partial charge is 0.122 e. The molecule has 142 valence electrons. The summed E-state index contributed by atoms with van der Waals surface area (Å²) in [5, 5.41) is 10.9. The number of ether oxygens (including phenoxy) is 2. The van der Waals surface area contributed by atoms with Crippen LogP contribution in [0.1, 0.15) is 18.4 Å². The molecule has 0 saturated heterocycles. The molecule has 0 saturated carbocycles. The molecule has 3 rings (SSSR count). The average molecular weight is 385 g/mol. The molecule has 1 aromatic heterocycles. The Labute approximate surface area is 162 Å². The van der Waals surface area contributed by atoms with E-state index in [4.69, 9.17) is 14.7 Å². The van der Waals surface area contributed by atoms with Gasteiger partial charge >= 0.3 is 0 Å². The Balaban J connectivity index is 1.90. The maximum Gasteiger partial charge on any atom is 0.122 e. The first-order valence-electron chi connectivity index (χ1n) is 8.73. The summed E-state index contributed by atoms with van der Waals surface area (Å²) in [6.07, 6.45) is 4.54. The van der Waals surface area contributed by atoms with Crippen LogP contribution in [0.5, 0.6) is 5.75 Å². The van der Waals surface area contributed by atoms with Crippen molar-refractivity contribution in [1.82, 2.24) is 9.97 Å². The van der Waals surface area contributed by atoms with E-state index in [2.05, 4.69) is 21.5 Å². The van der Waals surface area contributed by atoms with Crippen LogP contribution in [0.15, 0.2) is 52.6 Å². The summed E-state index contributed by atoms with van der Waals surface area (Å²) in [5.74, 6) is 0.849. The summed E-state index contributed by atoms with van der Waals surface area (Å²) in [5.41, 5.74) is 4.84. The van der Waals surface area contributed by atoms with Gasteiger partial charge in [0.05, 0.1) is 18.3 Å². The quantitative estimate of drug-likeness (QED) is 0.318. The van der Waals surface area contributed by atoms with Gasteiger partial charge in [-0.15, -0.1) is 0 Å². The van der Waals surface area contributed by atoms with Gasteiger partial charge in [0, 0.05) is 24.0 Å². The Kier molecular flexibility index (Phi) is 6.86. The van der Waals surface area contributed by atoms with Crippen LogP contribution in [0.4, 0.5) is 5.69 Å². The summed E-state index contributed by atoms with van der Waals surface area (Å²) in [6, 6.07) is 11.6. The fraction of sp³-hybridized carbons (Fsp3) is 0.300. The zero-order valence-electron chi connectivity index (χ0n) is 15.4. The van der Waals surface area contributed by atoms with Gasteiger partial charge in [0.1, 0.15) is 17.1 Å². The molecular formula is C20H23N3O3S. The molecule has 2 N–H and O–H groups in total. The number of aryl methyl sites for hydroxylation is 1. The molecule has 0 spiro atoms. The van der Waals surface area contributed by atoms with Crippen LogP contribution in [0.3, 0.4) is 0 Å². The summed E-state index contributed by atoms with van der Waals surface area (Å²) in [6.45, 7) is 0.764. The topological polar surface area (TPSA) is 76.5 Å². The van der Waals surface area contributed by atoms with Gasteiger partial charge < -0.3 is 9.47 Å². The van der Waals surface area contributed by atoms with Crippen molar-refractivity contribution in [3.8, 4) is 5.75 Å². The third-order valence-corrected chi connectivity index (χ3v) is 5.23. The van der Waals surface area contributed by atoms with Gasteiger partial charge in [-0.25, -0.2) is 9.97 Å². The highest BCUT2D eigenvalue weighted by Gasteiger charge is 2.12. The predicted molar refractivity (Wildman–Crippen MR) is 107 cm³/mol. The summed E-state index contributed by atoms with van der Waals surface area (Å²) in [7, 11) is 3.41. The molecule has 0 unspecified atom stereocenters. The number of unbranched alkanes of at least 4 members (excludes halogenated alkanes) is 1. The van der Waals surface area contributed by atoms with E-state index in [1.807, 2.05) is 24.3 Å². The highest BCUT2D eigenvalue weighted by Crippen LogP contribution is 2.35. The molecule has 27 heavy (non-hydrogen) atoms. The fourth-order valence-electron chi connectivity index (χ4n) is 2.87. The van der Waals surface area contributed by atoms with Crippen molar-refractivity contribution in [2.75, 3.05) is 26.3 Å². The fourth-order valence-corrected chi connectivity index (χ4v) is 3.80. The monoisotopic (exact) mass is 385 g/mol. The van der Waals surface area contributed by atoms with Crippen LogP contribution < -0.4 is 10.2 Å². The van der Waals surface area contributed by atoms with Gasteiger partial charge in [-0.3, -0.25) is 10.7 Å². The molecule has 0 radical (unpaired) electrons. The summed E-state index contributed by atoms with van der Waals surface area (Å²) in [4.78, 5) is 9.86. The molecule has 0 fully saturated rings. The lowest BCUT2D eigenvalue weighted by Gasteiger charge is -2.12. The van der Waals surface area contributed by atoms with E-state index in [0.29, 0.717) is 5.69 Å². The summed E-state index contributed by atoms with van der Waals surface area (Å²) < 4.78 is 10.7. The number of anilines is 1. The minimum absolute atomic E-state index is 0.634. The second kappa shape index (κ2) is 9.55. The number of aromatic nitrogens is 2. The zero-order valence-corrected chi connectivity index (χ0v) is 16.3. The summed E-state index contributed by atoms with van der Waals surface area (Å²) >= 11 is 1.52. The Morgan fingerprint density at radius 2 is 2.00 bits per heavy atom. The van der Waals surface area contributed by atoms with Crippen molar-refractivity contribution in [1.29, 1.82) is 0 Å². The van der Waals surface area contributed by atoms with E-state index in [9.17, 15) is 0 Å². The first kappa shape index (κ1) is 19.4. The molecule has 0 aliphatic rings. The number of hydrogen-bond donors (Lipinski definition) is 2. The largest absolute Gasteiger partial charge is 0.496 e. The first-order valence-corrected chi connectivity index (χ1v) is 9.55. The molecule has 7 heteroatoms. The molecular weight excluding hydrogens is 362 g/mol. The van der Waals surface area contributed by atoms with Crippen LogP contribution in [0.2, 0.25) is 0 Å². The normalized spacial score (nSPS) is 10.9. The molecule has 0 atom stereocenters. The number of methoxy groups -OCH3 is 2. The maximum absolute atomic E-state index is 9.09. The van der Waals surface area contributed by atoms with Crippen molar-refractivity contribution < 1.29 is 14.7 Å². The highest BCUT2D eigenvalue weighted by molar-refractivity contribution is 7.99. The minimum atomic E-state index is 0.634. The second-order valence-corrected chi connectivity index (χ2v) is 7.11. The molecule has 0 aliphatic heterocycles. The maximum atomic E-state index is 9.09. The molecule has 0 amide bonds. The zero-order chi connectivity index (χ0) is 19.1. The standard InChI is InChI=1S/C20H23N3O3S/c1-25-9-4-3-6-14-10-18-17(12-19(14)26-2)20(22-13-21-18)27-16-8-5-7-15(11-16)23-24/h5,7-8,10-13,23-24H,3-4,6,9H2,1-2H3. The third-order valence-electron chi connectivity index (χ3n) is 4.22. The van der Waals surface area contributed by atoms with E-state index in [1.165, 1.54) is 11.8 Å². The van der Waals surface area contributed by atoms with E-state index in [0.717, 1.165) is 58.0 Å². The number of hydrogen-bond acceptors (Lipinski definition) is 7. The van der Waals surface area contributed by atoms with Crippen LogP contribution in [-0.4, -0.2) is 36.0 Å². The highest BCUT2D eigenvalue weighted by atomic mass is 32.2. The molecule has 0 bridgehead atoms.